The lowest BCUT2D eigenvalue weighted by atomic mass is 10.1. The summed E-state index contributed by atoms with van der Waals surface area (Å²) in [6, 6.07) is 7.43. The Balaban J connectivity index is 2.23. The van der Waals surface area contributed by atoms with Crippen molar-refractivity contribution in [2.75, 3.05) is 18.5 Å². The van der Waals surface area contributed by atoms with E-state index in [2.05, 4.69) is 42.3 Å². The summed E-state index contributed by atoms with van der Waals surface area (Å²) in [7, 11) is 1.96. The molecular formula is C16H25ClN2. The third-order valence-corrected chi connectivity index (χ3v) is 4.60. The average Bonchev–Trinajstić information content (AvgIpc) is 2.62. The molecule has 1 fully saturated rings. The molecule has 1 aliphatic rings. The fourth-order valence-corrected chi connectivity index (χ4v) is 3.20. The minimum Gasteiger partial charge on any atom is -0.369 e. The zero-order valence-corrected chi connectivity index (χ0v) is 13.0. The van der Waals surface area contributed by atoms with Crippen molar-refractivity contribution in [3.8, 4) is 0 Å². The van der Waals surface area contributed by atoms with Gasteiger partial charge < -0.3 is 10.2 Å². The highest BCUT2D eigenvalue weighted by Crippen LogP contribution is 2.30. The van der Waals surface area contributed by atoms with Crippen molar-refractivity contribution < 1.29 is 0 Å². The Morgan fingerprint density at radius 3 is 2.79 bits per heavy atom. The standard InChI is InChI=1S/C16H25ClN2/c1-12-7-5-4-6-10-19(12)14-8-9-15(13(2)18-3)16(17)11-14/h8-9,11-13,18H,4-7,10H2,1-3H3. The van der Waals surface area contributed by atoms with Gasteiger partial charge in [0.25, 0.3) is 0 Å². The van der Waals surface area contributed by atoms with Gasteiger partial charge in [0.2, 0.25) is 0 Å². The molecule has 1 N–H and O–H groups in total. The van der Waals surface area contributed by atoms with E-state index in [1.54, 1.807) is 0 Å². The molecule has 0 bridgehead atoms. The predicted octanol–water partition coefficient (Wildman–Crippen LogP) is 4.39. The second-order valence-corrected chi connectivity index (χ2v) is 6.02. The van der Waals surface area contributed by atoms with Gasteiger partial charge >= 0.3 is 0 Å². The summed E-state index contributed by atoms with van der Waals surface area (Å²) >= 11 is 6.44. The highest BCUT2D eigenvalue weighted by Gasteiger charge is 2.18. The van der Waals surface area contributed by atoms with Crippen LogP contribution >= 0.6 is 11.6 Å². The van der Waals surface area contributed by atoms with Crippen LogP contribution in [-0.2, 0) is 0 Å². The number of benzene rings is 1. The molecule has 1 saturated heterocycles. The molecule has 1 aromatic carbocycles. The topological polar surface area (TPSA) is 15.3 Å². The van der Waals surface area contributed by atoms with Crippen LogP contribution in [0.5, 0.6) is 0 Å². The number of anilines is 1. The van der Waals surface area contributed by atoms with Crippen LogP contribution in [0.15, 0.2) is 18.2 Å². The monoisotopic (exact) mass is 280 g/mol. The first-order chi connectivity index (χ1) is 9.13. The van der Waals surface area contributed by atoms with Gasteiger partial charge in [0.1, 0.15) is 0 Å². The zero-order chi connectivity index (χ0) is 13.8. The lowest BCUT2D eigenvalue weighted by molar-refractivity contribution is 0.615. The summed E-state index contributed by atoms with van der Waals surface area (Å²) in [6.07, 6.45) is 5.27. The maximum atomic E-state index is 6.44. The molecule has 2 atom stereocenters. The molecule has 0 amide bonds. The van der Waals surface area contributed by atoms with Crippen molar-refractivity contribution in [1.29, 1.82) is 0 Å². The maximum absolute atomic E-state index is 6.44. The molecule has 2 unspecified atom stereocenters. The highest BCUT2D eigenvalue weighted by atomic mass is 35.5. The molecule has 3 heteroatoms. The molecule has 106 valence electrons. The molecule has 2 nitrogen and oxygen atoms in total. The van der Waals surface area contributed by atoms with Crippen LogP contribution in [-0.4, -0.2) is 19.6 Å². The van der Waals surface area contributed by atoms with Crippen molar-refractivity contribution in [1.82, 2.24) is 5.32 Å². The Morgan fingerprint density at radius 2 is 2.11 bits per heavy atom. The van der Waals surface area contributed by atoms with E-state index in [4.69, 9.17) is 11.6 Å². The molecule has 0 radical (unpaired) electrons. The number of nitrogens with zero attached hydrogens (tertiary/aromatic N) is 1. The van der Waals surface area contributed by atoms with E-state index in [-0.39, 0.29) is 0 Å². The highest BCUT2D eigenvalue weighted by molar-refractivity contribution is 6.31. The van der Waals surface area contributed by atoms with Crippen molar-refractivity contribution in [2.45, 2.75) is 51.6 Å². The first-order valence-corrected chi connectivity index (χ1v) is 7.74. The van der Waals surface area contributed by atoms with Crippen LogP contribution in [0.2, 0.25) is 5.02 Å². The summed E-state index contributed by atoms with van der Waals surface area (Å²) in [6.45, 7) is 5.61. The van der Waals surface area contributed by atoms with Crippen molar-refractivity contribution >= 4 is 17.3 Å². The SMILES string of the molecule is CNC(C)c1ccc(N2CCCCCC2C)cc1Cl. The van der Waals surface area contributed by atoms with Gasteiger partial charge in [-0.15, -0.1) is 0 Å². The molecule has 1 aliphatic heterocycles. The van der Waals surface area contributed by atoms with E-state index in [0.29, 0.717) is 12.1 Å². The third-order valence-electron chi connectivity index (χ3n) is 4.27. The van der Waals surface area contributed by atoms with Gasteiger partial charge in [-0.3, -0.25) is 0 Å². The van der Waals surface area contributed by atoms with Crippen molar-refractivity contribution in [2.24, 2.45) is 0 Å². The largest absolute Gasteiger partial charge is 0.369 e. The zero-order valence-electron chi connectivity index (χ0n) is 12.2. The number of hydrogen-bond donors (Lipinski definition) is 1. The van der Waals surface area contributed by atoms with E-state index >= 15 is 0 Å². The van der Waals surface area contributed by atoms with Gasteiger partial charge in [-0.05, 0) is 51.4 Å². The lowest BCUT2D eigenvalue weighted by Crippen LogP contribution is -2.32. The first kappa shape index (κ1) is 14.7. The first-order valence-electron chi connectivity index (χ1n) is 7.37. The van der Waals surface area contributed by atoms with Gasteiger partial charge in [0.05, 0.1) is 0 Å². The van der Waals surface area contributed by atoms with Gasteiger partial charge in [0.15, 0.2) is 0 Å². The average molecular weight is 281 g/mol. The summed E-state index contributed by atoms with van der Waals surface area (Å²) in [5, 5.41) is 4.11. The van der Waals surface area contributed by atoms with Gasteiger partial charge in [-0.2, -0.15) is 0 Å². The van der Waals surface area contributed by atoms with E-state index < -0.39 is 0 Å². The van der Waals surface area contributed by atoms with Crippen LogP contribution in [0.4, 0.5) is 5.69 Å². The summed E-state index contributed by atoms with van der Waals surface area (Å²) in [5.41, 5.74) is 2.45. The number of halogens is 1. The summed E-state index contributed by atoms with van der Waals surface area (Å²) < 4.78 is 0. The van der Waals surface area contributed by atoms with Gasteiger partial charge in [-0.1, -0.05) is 30.5 Å². The van der Waals surface area contributed by atoms with Crippen molar-refractivity contribution in [3.63, 3.8) is 0 Å². The molecule has 0 saturated carbocycles. The molecule has 1 heterocycles. The van der Waals surface area contributed by atoms with Crippen LogP contribution < -0.4 is 10.2 Å². The summed E-state index contributed by atoms with van der Waals surface area (Å²) in [4.78, 5) is 2.51. The Hall–Kier alpha value is -0.730. The smallest absolute Gasteiger partial charge is 0.0474 e. The third kappa shape index (κ3) is 3.43. The van der Waals surface area contributed by atoms with E-state index in [0.717, 1.165) is 11.6 Å². The normalized spacial score (nSPS) is 22.1. The molecule has 2 rings (SSSR count). The molecule has 19 heavy (non-hydrogen) atoms. The molecule has 0 aliphatic carbocycles. The Labute approximate surface area is 122 Å². The number of nitrogens with one attached hydrogen (secondary N) is 1. The fraction of sp³-hybridized carbons (Fsp3) is 0.625. The second-order valence-electron chi connectivity index (χ2n) is 5.61. The number of rotatable bonds is 3. The van der Waals surface area contributed by atoms with Crippen LogP contribution in [0.3, 0.4) is 0 Å². The van der Waals surface area contributed by atoms with E-state index in [9.17, 15) is 0 Å². The molecule has 0 aromatic heterocycles. The predicted molar refractivity (Wildman–Crippen MR) is 84.2 cm³/mol. The van der Waals surface area contributed by atoms with Crippen LogP contribution in [0, 0.1) is 0 Å². The van der Waals surface area contributed by atoms with E-state index in [1.807, 2.05) is 7.05 Å². The second kappa shape index (κ2) is 6.62. The minimum absolute atomic E-state index is 0.295. The van der Waals surface area contributed by atoms with Crippen molar-refractivity contribution in [3.05, 3.63) is 28.8 Å². The Morgan fingerprint density at radius 1 is 1.32 bits per heavy atom. The van der Waals surface area contributed by atoms with Crippen LogP contribution in [0.25, 0.3) is 0 Å². The number of hydrogen-bond acceptors (Lipinski definition) is 2. The maximum Gasteiger partial charge on any atom is 0.0474 e. The molecule has 1 aromatic rings. The van der Waals surface area contributed by atoms with Gasteiger partial charge in [0, 0.05) is 29.3 Å². The van der Waals surface area contributed by atoms with Gasteiger partial charge in [-0.25, -0.2) is 0 Å². The molecular weight excluding hydrogens is 256 g/mol. The molecule has 0 spiro atoms. The Kier molecular flexibility index (Phi) is 5.12. The minimum atomic E-state index is 0.295. The Bertz CT molecular complexity index is 419. The van der Waals surface area contributed by atoms with Crippen LogP contribution in [0.1, 0.15) is 51.1 Å². The fourth-order valence-electron chi connectivity index (χ4n) is 2.86. The summed E-state index contributed by atoms with van der Waals surface area (Å²) in [5.74, 6) is 0. The quantitative estimate of drug-likeness (QED) is 0.883. The van der Waals surface area contributed by atoms with E-state index in [1.165, 1.54) is 36.9 Å². The lowest BCUT2D eigenvalue weighted by Gasteiger charge is -2.30.